The Morgan fingerprint density at radius 2 is 1.68 bits per heavy atom. The minimum absolute atomic E-state index is 0.163. The normalized spacial score (nSPS) is 12.8. The van der Waals surface area contributed by atoms with E-state index in [2.05, 4.69) is 21.2 Å². The third-order valence-electron chi connectivity index (χ3n) is 3.48. The molecular weight excluding hydrogens is 386 g/mol. The standard InChI is InChI=1S/C19H20BrNO4/c1-13(15-6-4-3-5-7-15)21-18(22)12-24-19(23)14(2)25-17-10-8-16(20)9-11-17/h3-11,13-14H,12H2,1-2H3,(H,21,22)/t13-,14-/m1/s1. The van der Waals surface area contributed by atoms with E-state index in [1.807, 2.05) is 49.4 Å². The van der Waals surface area contributed by atoms with Gasteiger partial charge in [0.1, 0.15) is 5.75 Å². The smallest absolute Gasteiger partial charge is 0.347 e. The van der Waals surface area contributed by atoms with Crippen molar-refractivity contribution in [2.45, 2.75) is 26.0 Å². The molecule has 0 aliphatic carbocycles. The van der Waals surface area contributed by atoms with Gasteiger partial charge in [-0.2, -0.15) is 0 Å². The molecule has 6 heteroatoms. The number of hydrogen-bond donors (Lipinski definition) is 1. The Bertz CT molecular complexity index is 703. The second-order valence-corrected chi connectivity index (χ2v) is 6.44. The number of nitrogens with one attached hydrogen (secondary N) is 1. The monoisotopic (exact) mass is 405 g/mol. The zero-order valence-corrected chi connectivity index (χ0v) is 15.7. The average molecular weight is 406 g/mol. The largest absolute Gasteiger partial charge is 0.479 e. The summed E-state index contributed by atoms with van der Waals surface area (Å²) >= 11 is 3.33. The second kappa shape index (κ2) is 9.22. The van der Waals surface area contributed by atoms with Gasteiger partial charge in [-0.25, -0.2) is 4.79 Å². The predicted octanol–water partition coefficient (Wildman–Crippen LogP) is 3.64. The summed E-state index contributed by atoms with van der Waals surface area (Å²) in [6, 6.07) is 16.5. The van der Waals surface area contributed by atoms with Crippen LogP contribution in [0.15, 0.2) is 59.1 Å². The van der Waals surface area contributed by atoms with E-state index in [1.54, 1.807) is 19.1 Å². The van der Waals surface area contributed by atoms with Gasteiger partial charge in [-0.05, 0) is 43.7 Å². The average Bonchev–Trinajstić information content (AvgIpc) is 2.62. The van der Waals surface area contributed by atoms with E-state index < -0.39 is 12.1 Å². The van der Waals surface area contributed by atoms with Crippen LogP contribution in [0.2, 0.25) is 0 Å². The number of esters is 1. The van der Waals surface area contributed by atoms with E-state index in [0.29, 0.717) is 5.75 Å². The molecule has 2 aromatic carbocycles. The van der Waals surface area contributed by atoms with Crippen LogP contribution in [0.5, 0.6) is 5.75 Å². The lowest BCUT2D eigenvalue weighted by molar-refractivity contribution is -0.154. The molecule has 0 unspecified atom stereocenters. The van der Waals surface area contributed by atoms with E-state index in [1.165, 1.54) is 0 Å². The van der Waals surface area contributed by atoms with E-state index in [4.69, 9.17) is 9.47 Å². The molecule has 0 fully saturated rings. The van der Waals surface area contributed by atoms with Gasteiger partial charge in [0.2, 0.25) is 0 Å². The van der Waals surface area contributed by atoms with E-state index in [-0.39, 0.29) is 18.6 Å². The summed E-state index contributed by atoms with van der Waals surface area (Å²) in [6.07, 6.45) is -0.805. The number of carbonyl (C=O) groups is 2. The summed E-state index contributed by atoms with van der Waals surface area (Å²) < 4.78 is 11.4. The van der Waals surface area contributed by atoms with Crippen LogP contribution >= 0.6 is 15.9 Å². The van der Waals surface area contributed by atoms with Crippen LogP contribution in [0, 0.1) is 0 Å². The number of halogens is 1. The molecule has 2 rings (SSSR count). The molecule has 2 aromatic rings. The van der Waals surface area contributed by atoms with Crippen molar-refractivity contribution in [1.82, 2.24) is 5.32 Å². The van der Waals surface area contributed by atoms with Crippen LogP contribution in [-0.2, 0) is 14.3 Å². The van der Waals surface area contributed by atoms with Gasteiger partial charge < -0.3 is 14.8 Å². The van der Waals surface area contributed by atoms with Gasteiger partial charge in [0.15, 0.2) is 12.7 Å². The van der Waals surface area contributed by atoms with E-state index in [0.717, 1.165) is 10.0 Å². The topological polar surface area (TPSA) is 64.6 Å². The number of amides is 1. The molecule has 0 radical (unpaired) electrons. The van der Waals surface area contributed by atoms with Crippen LogP contribution in [0.4, 0.5) is 0 Å². The van der Waals surface area contributed by atoms with E-state index >= 15 is 0 Å². The fourth-order valence-corrected chi connectivity index (χ4v) is 2.39. The summed E-state index contributed by atoms with van der Waals surface area (Å²) in [4.78, 5) is 23.9. The maximum absolute atomic E-state index is 11.9. The molecule has 0 bridgehead atoms. The molecule has 0 aromatic heterocycles. The van der Waals surface area contributed by atoms with Crippen LogP contribution in [0.25, 0.3) is 0 Å². The molecule has 1 N–H and O–H groups in total. The van der Waals surface area contributed by atoms with Crippen molar-refractivity contribution in [1.29, 1.82) is 0 Å². The third-order valence-corrected chi connectivity index (χ3v) is 4.01. The highest BCUT2D eigenvalue weighted by Crippen LogP contribution is 2.17. The van der Waals surface area contributed by atoms with Gasteiger partial charge in [-0.15, -0.1) is 0 Å². The van der Waals surface area contributed by atoms with Crippen molar-refractivity contribution in [2.75, 3.05) is 6.61 Å². The first-order valence-corrected chi connectivity index (χ1v) is 8.68. The third kappa shape index (κ3) is 6.23. The fraction of sp³-hybridized carbons (Fsp3) is 0.263. The molecule has 132 valence electrons. The molecule has 5 nitrogen and oxygen atoms in total. The van der Waals surface area contributed by atoms with E-state index in [9.17, 15) is 9.59 Å². The van der Waals surface area contributed by atoms with Gasteiger partial charge >= 0.3 is 5.97 Å². The molecule has 2 atom stereocenters. The molecule has 0 saturated carbocycles. The van der Waals surface area contributed by atoms with Gasteiger partial charge in [0, 0.05) is 4.47 Å². The summed E-state index contributed by atoms with van der Waals surface area (Å²) in [5.74, 6) is -0.402. The summed E-state index contributed by atoms with van der Waals surface area (Å²) in [6.45, 7) is 3.10. The van der Waals surface area contributed by atoms with Gasteiger partial charge in [0.05, 0.1) is 6.04 Å². The minimum Gasteiger partial charge on any atom is -0.479 e. The predicted molar refractivity (Wildman–Crippen MR) is 98.2 cm³/mol. The quantitative estimate of drug-likeness (QED) is 0.714. The number of hydrogen-bond acceptors (Lipinski definition) is 4. The maximum atomic E-state index is 11.9. The van der Waals surface area contributed by atoms with Gasteiger partial charge in [-0.1, -0.05) is 46.3 Å². The number of ether oxygens (including phenoxy) is 2. The Labute approximate surface area is 155 Å². The lowest BCUT2D eigenvalue weighted by Crippen LogP contribution is -2.34. The zero-order chi connectivity index (χ0) is 18.2. The lowest BCUT2D eigenvalue weighted by atomic mass is 10.1. The highest BCUT2D eigenvalue weighted by atomic mass is 79.9. The molecule has 0 heterocycles. The Morgan fingerprint density at radius 1 is 1.04 bits per heavy atom. The van der Waals surface area contributed by atoms with Crippen LogP contribution < -0.4 is 10.1 Å². The highest BCUT2D eigenvalue weighted by molar-refractivity contribution is 9.10. The first kappa shape index (κ1) is 19.0. The van der Waals surface area contributed by atoms with Crippen molar-refractivity contribution in [3.05, 3.63) is 64.6 Å². The molecule has 1 amide bonds. The molecule has 0 spiro atoms. The highest BCUT2D eigenvalue weighted by Gasteiger charge is 2.18. The number of rotatable bonds is 7. The van der Waals surface area contributed by atoms with Crippen molar-refractivity contribution in [3.63, 3.8) is 0 Å². The number of carbonyl (C=O) groups excluding carboxylic acids is 2. The van der Waals surface area contributed by atoms with Crippen LogP contribution in [0.1, 0.15) is 25.5 Å². The summed E-state index contributed by atoms with van der Waals surface area (Å²) in [7, 11) is 0. The molecular formula is C19H20BrNO4. The van der Waals surface area contributed by atoms with Crippen molar-refractivity contribution in [3.8, 4) is 5.75 Å². The molecule has 25 heavy (non-hydrogen) atoms. The fourth-order valence-electron chi connectivity index (χ4n) is 2.13. The summed E-state index contributed by atoms with van der Waals surface area (Å²) in [5.41, 5.74) is 0.981. The minimum atomic E-state index is -0.805. The Balaban J connectivity index is 1.76. The SMILES string of the molecule is C[C@@H](Oc1ccc(Br)cc1)C(=O)OCC(=O)N[C@H](C)c1ccccc1. The van der Waals surface area contributed by atoms with Gasteiger partial charge in [0.25, 0.3) is 5.91 Å². The molecule has 0 aliphatic rings. The van der Waals surface area contributed by atoms with Crippen molar-refractivity contribution < 1.29 is 19.1 Å². The Hall–Kier alpha value is -2.34. The first-order chi connectivity index (χ1) is 12.0. The first-order valence-electron chi connectivity index (χ1n) is 7.89. The lowest BCUT2D eigenvalue weighted by Gasteiger charge is -2.16. The molecule has 0 aliphatic heterocycles. The Kier molecular flexibility index (Phi) is 7.01. The van der Waals surface area contributed by atoms with Gasteiger partial charge in [-0.3, -0.25) is 4.79 Å². The second-order valence-electron chi connectivity index (χ2n) is 5.52. The van der Waals surface area contributed by atoms with Crippen molar-refractivity contribution in [2.24, 2.45) is 0 Å². The number of benzene rings is 2. The Morgan fingerprint density at radius 3 is 2.32 bits per heavy atom. The maximum Gasteiger partial charge on any atom is 0.347 e. The van der Waals surface area contributed by atoms with Crippen LogP contribution in [-0.4, -0.2) is 24.6 Å². The van der Waals surface area contributed by atoms with Crippen LogP contribution in [0.3, 0.4) is 0 Å². The molecule has 0 saturated heterocycles. The van der Waals surface area contributed by atoms with Crippen molar-refractivity contribution >= 4 is 27.8 Å². The summed E-state index contributed by atoms with van der Waals surface area (Å²) in [5, 5.41) is 2.78. The zero-order valence-electron chi connectivity index (χ0n) is 14.1.